The third-order valence-electron chi connectivity index (χ3n) is 4.33. The molecule has 0 spiro atoms. The van der Waals surface area contributed by atoms with Crippen molar-refractivity contribution in [3.63, 3.8) is 0 Å². The number of carbonyl (C=O) groups is 1. The Hall–Kier alpha value is -3.10. The number of halogens is 4. The summed E-state index contributed by atoms with van der Waals surface area (Å²) in [5.41, 5.74) is -1.46. The Balaban J connectivity index is 2.26. The predicted molar refractivity (Wildman–Crippen MR) is 94.6 cm³/mol. The maximum atomic E-state index is 14.3. The van der Waals surface area contributed by atoms with Gasteiger partial charge in [-0.05, 0) is 31.2 Å². The first-order chi connectivity index (χ1) is 14.3. The van der Waals surface area contributed by atoms with Crippen molar-refractivity contribution in [2.45, 2.75) is 25.6 Å². The lowest BCUT2D eigenvalue weighted by Gasteiger charge is -2.37. The first kappa shape index (κ1) is 15.9. The molecule has 0 aromatic heterocycles. The van der Waals surface area contributed by atoms with Crippen molar-refractivity contribution >= 4 is 23.2 Å². The van der Waals surface area contributed by atoms with Crippen LogP contribution in [0.2, 0.25) is 0 Å². The molecule has 0 saturated carbocycles. The van der Waals surface area contributed by atoms with Gasteiger partial charge in [0.25, 0.3) is 0 Å². The molecule has 0 aliphatic carbocycles. The SMILES string of the molecule is [2H]C([2H])([2H])Oc1ccc(C(F)(F)F)cc1N1C(C)=Nc2c(F)cccc2C1CC(=O)O. The number of hydrogen-bond donors (Lipinski definition) is 1. The van der Waals surface area contributed by atoms with Gasteiger partial charge in [-0.3, -0.25) is 4.79 Å². The Morgan fingerprint density at radius 1 is 1.36 bits per heavy atom. The number of carboxylic acid groups (broad SMARTS) is 1. The normalized spacial score (nSPS) is 18.5. The highest BCUT2D eigenvalue weighted by atomic mass is 19.4. The quantitative estimate of drug-likeness (QED) is 0.740. The van der Waals surface area contributed by atoms with Crippen LogP contribution < -0.4 is 9.64 Å². The minimum Gasteiger partial charge on any atom is -0.495 e. The first-order valence-corrected chi connectivity index (χ1v) is 8.03. The summed E-state index contributed by atoms with van der Waals surface area (Å²) in [4.78, 5) is 16.7. The Kier molecular flexibility index (Phi) is 4.06. The van der Waals surface area contributed by atoms with Crippen molar-refractivity contribution in [1.29, 1.82) is 0 Å². The number of methoxy groups -OCH3 is 1. The van der Waals surface area contributed by atoms with Crippen LogP contribution in [0.5, 0.6) is 5.75 Å². The molecule has 5 nitrogen and oxygen atoms in total. The van der Waals surface area contributed by atoms with Crippen LogP contribution in [0.15, 0.2) is 41.4 Å². The van der Waals surface area contributed by atoms with Gasteiger partial charge in [0, 0.05) is 5.56 Å². The average Bonchev–Trinajstić information content (AvgIpc) is 2.61. The van der Waals surface area contributed by atoms with Crippen molar-refractivity contribution in [3.05, 3.63) is 53.3 Å². The Morgan fingerprint density at radius 2 is 2.11 bits per heavy atom. The molecule has 1 aliphatic heterocycles. The van der Waals surface area contributed by atoms with E-state index in [0.29, 0.717) is 12.1 Å². The summed E-state index contributed by atoms with van der Waals surface area (Å²) < 4.78 is 81.2. The minimum atomic E-state index is -4.76. The van der Waals surface area contributed by atoms with Crippen LogP contribution in [0, 0.1) is 5.82 Å². The number of nitrogens with zero attached hydrogens (tertiary/aromatic N) is 2. The molecule has 9 heteroatoms. The number of carboxylic acids is 1. The second-order valence-corrected chi connectivity index (χ2v) is 6.10. The molecule has 1 atom stereocenters. The molecule has 0 bridgehead atoms. The van der Waals surface area contributed by atoms with Gasteiger partial charge < -0.3 is 14.7 Å². The lowest BCUT2D eigenvalue weighted by molar-refractivity contribution is -0.138. The fourth-order valence-corrected chi connectivity index (χ4v) is 3.18. The number of hydrogen-bond acceptors (Lipinski definition) is 4. The van der Waals surface area contributed by atoms with Gasteiger partial charge in [0.05, 0.1) is 34.9 Å². The summed E-state index contributed by atoms with van der Waals surface area (Å²) in [5, 5.41) is 9.39. The van der Waals surface area contributed by atoms with E-state index in [1.165, 1.54) is 19.1 Å². The minimum absolute atomic E-state index is 0.0291. The van der Waals surface area contributed by atoms with Gasteiger partial charge in [0.15, 0.2) is 0 Å². The molecule has 1 heterocycles. The number of para-hydroxylation sites is 1. The summed E-state index contributed by atoms with van der Waals surface area (Å²) in [6.07, 6.45) is -5.38. The summed E-state index contributed by atoms with van der Waals surface area (Å²) in [7, 11) is -2.98. The molecule has 1 N–H and O–H groups in total. The van der Waals surface area contributed by atoms with Crippen LogP contribution >= 0.6 is 0 Å². The molecule has 28 heavy (non-hydrogen) atoms. The Bertz CT molecular complexity index is 1050. The second-order valence-electron chi connectivity index (χ2n) is 6.10. The summed E-state index contributed by atoms with van der Waals surface area (Å²) in [6.45, 7) is 1.35. The molecular weight excluding hydrogens is 380 g/mol. The van der Waals surface area contributed by atoms with Crippen LogP contribution in [0.3, 0.4) is 0 Å². The fourth-order valence-electron chi connectivity index (χ4n) is 3.18. The molecule has 0 radical (unpaired) electrons. The maximum absolute atomic E-state index is 14.3. The Morgan fingerprint density at radius 3 is 2.75 bits per heavy atom. The summed E-state index contributed by atoms with van der Waals surface area (Å²) in [6, 6.07) is 4.84. The zero-order valence-electron chi connectivity index (χ0n) is 17.4. The third kappa shape index (κ3) is 3.51. The summed E-state index contributed by atoms with van der Waals surface area (Å²) in [5.74, 6) is -2.49. The van der Waals surface area contributed by atoms with Gasteiger partial charge in [-0.2, -0.15) is 13.2 Å². The van der Waals surface area contributed by atoms with Gasteiger partial charge in [0.1, 0.15) is 23.1 Å². The molecular formula is C19H16F4N2O3. The third-order valence-corrected chi connectivity index (χ3v) is 4.33. The van der Waals surface area contributed by atoms with E-state index in [9.17, 15) is 27.5 Å². The van der Waals surface area contributed by atoms with Crippen LogP contribution in [0.25, 0.3) is 0 Å². The van der Waals surface area contributed by atoms with E-state index < -0.39 is 48.8 Å². The number of amidine groups is 1. The highest BCUT2D eigenvalue weighted by molar-refractivity contribution is 6.02. The number of aliphatic carboxylic acids is 1. The van der Waals surface area contributed by atoms with Crippen LogP contribution in [0.4, 0.5) is 28.9 Å². The monoisotopic (exact) mass is 399 g/mol. The van der Waals surface area contributed by atoms with Crippen LogP contribution in [-0.4, -0.2) is 23.9 Å². The number of alkyl halides is 3. The van der Waals surface area contributed by atoms with E-state index >= 15 is 0 Å². The molecule has 148 valence electrons. The van der Waals surface area contributed by atoms with E-state index in [1.54, 1.807) is 0 Å². The summed E-state index contributed by atoms with van der Waals surface area (Å²) >= 11 is 0. The lowest BCUT2D eigenvalue weighted by atomic mass is 9.96. The van der Waals surface area contributed by atoms with Gasteiger partial charge in [-0.1, -0.05) is 12.1 Å². The Labute approximate surface area is 162 Å². The number of aliphatic imine (C=N–C) groups is 1. The highest BCUT2D eigenvalue weighted by Gasteiger charge is 2.36. The standard InChI is InChI=1S/C19H16F4N2O3/c1-10-24-18-12(4-3-5-13(18)20)14(9-17(26)27)25(10)15-8-11(19(21,22)23)6-7-16(15)28-2/h3-8,14H,9H2,1-2H3,(H,26,27)/i2D3. The van der Waals surface area contributed by atoms with Crippen molar-refractivity contribution in [3.8, 4) is 5.75 Å². The number of anilines is 1. The van der Waals surface area contributed by atoms with Crippen molar-refractivity contribution in [2.24, 2.45) is 4.99 Å². The van der Waals surface area contributed by atoms with Crippen LogP contribution in [-0.2, 0) is 11.0 Å². The molecule has 1 aliphatic rings. The predicted octanol–water partition coefficient (Wildman–Crippen LogP) is 4.94. The number of rotatable bonds is 4. The maximum Gasteiger partial charge on any atom is 0.416 e. The van der Waals surface area contributed by atoms with E-state index in [2.05, 4.69) is 4.99 Å². The molecule has 2 aromatic carbocycles. The largest absolute Gasteiger partial charge is 0.495 e. The molecule has 3 rings (SSSR count). The number of fused-ring (bicyclic) bond motifs is 1. The second kappa shape index (κ2) is 7.14. The van der Waals surface area contributed by atoms with Gasteiger partial charge in [-0.25, -0.2) is 9.38 Å². The molecule has 0 saturated heterocycles. The van der Waals surface area contributed by atoms with Crippen LogP contribution in [0.1, 0.15) is 34.6 Å². The number of benzene rings is 2. The molecule has 2 aromatic rings. The van der Waals surface area contributed by atoms with Crippen molar-refractivity contribution in [1.82, 2.24) is 0 Å². The van der Waals surface area contributed by atoms with Gasteiger partial charge >= 0.3 is 12.1 Å². The zero-order valence-corrected chi connectivity index (χ0v) is 14.4. The highest BCUT2D eigenvalue weighted by Crippen LogP contribution is 2.45. The average molecular weight is 399 g/mol. The topological polar surface area (TPSA) is 62.1 Å². The van der Waals surface area contributed by atoms with Gasteiger partial charge in [-0.15, -0.1) is 0 Å². The zero-order chi connectivity index (χ0) is 23.1. The van der Waals surface area contributed by atoms with Gasteiger partial charge in [0.2, 0.25) is 0 Å². The number of ether oxygens (including phenoxy) is 1. The fraction of sp³-hybridized carbons (Fsp3) is 0.263. The molecule has 0 amide bonds. The first-order valence-electron chi connectivity index (χ1n) is 9.53. The van der Waals surface area contributed by atoms with E-state index in [0.717, 1.165) is 17.0 Å². The van der Waals surface area contributed by atoms with Crippen molar-refractivity contribution in [2.75, 3.05) is 11.9 Å². The lowest BCUT2D eigenvalue weighted by Crippen LogP contribution is -2.37. The smallest absolute Gasteiger partial charge is 0.416 e. The molecule has 1 unspecified atom stereocenters. The molecule has 0 fully saturated rings. The van der Waals surface area contributed by atoms with Crippen molar-refractivity contribution < 1.29 is 36.3 Å². The van der Waals surface area contributed by atoms with E-state index in [-0.39, 0.29) is 22.8 Å². The van der Waals surface area contributed by atoms with E-state index in [1.807, 2.05) is 0 Å². The van der Waals surface area contributed by atoms with E-state index in [4.69, 9.17) is 8.85 Å².